The summed E-state index contributed by atoms with van der Waals surface area (Å²) in [6.07, 6.45) is 7.11. The van der Waals surface area contributed by atoms with E-state index < -0.39 is 11.2 Å². The monoisotopic (exact) mass is 297 g/mol. The third-order valence-corrected chi connectivity index (χ3v) is 4.30. The Hall–Kier alpha value is -2.70. The summed E-state index contributed by atoms with van der Waals surface area (Å²) < 4.78 is 1.69. The molecule has 2 N–H and O–H groups in total. The number of H-pyrrole nitrogens is 2. The Morgan fingerprint density at radius 1 is 1.32 bits per heavy atom. The second kappa shape index (κ2) is 4.66. The molecule has 0 aromatic carbocycles. The molecular formula is C15H15N5O2. The van der Waals surface area contributed by atoms with Gasteiger partial charge >= 0.3 is 5.69 Å². The molecule has 1 fully saturated rings. The van der Waals surface area contributed by atoms with Gasteiger partial charge in [-0.05, 0) is 30.7 Å². The SMILES string of the molecule is C[C@H]1C[C@@H](c2cc(-c3c[nH]c(=O)[nH]c3=O)nn3ccnc23)C1. The van der Waals surface area contributed by atoms with Crippen LogP contribution >= 0.6 is 0 Å². The van der Waals surface area contributed by atoms with E-state index in [1.54, 1.807) is 16.9 Å². The van der Waals surface area contributed by atoms with E-state index in [1.165, 1.54) is 6.20 Å². The first-order chi connectivity index (χ1) is 10.6. The number of nitrogens with one attached hydrogen (secondary N) is 2. The van der Waals surface area contributed by atoms with Gasteiger partial charge in [0.2, 0.25) is 0 Å². The highest BCUT2D eigenvalue weighted by Crippen LogP contribution is 2.42. The predicted molar refractivity (Wildman–Crippen MR) is 80.8 cm³/mol. The molecule has 0 unspecified atom stereocenters. The number of aromatic amines is 2. The molecule has 3 aromatic rings. The van der Waals surface area contributed by atoms with Crippen molar-refractivity contribution in [2.75, 3.05) is 0 Å². The standard InChI is InChI=1S/C15H15N5O2/c1-8-4-9(5-8)10-6-12(19-20-3-2-16-13(10)20)11-7-17-15(22)18-14(11)21/h2-3,6-9H,4-5H2,1H3,(H2,17,18,21,22)/t8-,9+. The van der Waals surface area contributed by atoms with E-state index in [4.69, 9.17) is 0 Å². The maximum Gasteiger partial charge on any atom is 0.325 e. The third kappa shape index (κ3) is 1.97. The van der Waals surface area contributed by atoms with Crippen molar-refractivity contribution in [2.45, 2.75) is 25.7 Å². The van der Waals surface area contributed by atoms with E-state index in [2.05, 4.69) is 27.0 Å². The summed E-state index contributed by atoms with van der Waals surface area (Å²) in [5.74, 6) is 1.16. The fourth-order valence-electron chi connectivity index (χ4n) is 3.13. The number of aromatic nitrogens is 5. The van der Waals surface area contributed by atoms with Crippen molar-refractivity contribution < 1.29 is 0 Å². The molecule has 0 radical (unpaired) electrons. The normalized spacial score (nSPS) is 21.0. The highest BCUT2D eigenvalue weighted by atomic mass is 16.2. The van der Waals surface area contributed by atoms with Gasteiger partial charge in [0.1, 0.15) is 0 Å². The summed E-state index contributed by atoms with van der Waals surface area (Å²) in [6.45, 7) is 2.23. The quantitative estimate of drug-likeness (QED) is 0.745. The smallest absolute Gasteiger partial charge is 0.313 e. The molecule has 1 saturated carbocycles. The van der Waals surface area contributed by atoms with Crippen molar-refractivity contribution in [3.05, 3.63) is 51.1 Å². The van der Waals surface area contributed by atoms with Crippen LogP contribution in [0.15, 0.2) is 34.2 Å². The van der Waals surface area contributed by atoms with Gasteiger partial charge in [0.05, 0.1) is 11.3 Å². The first-order valence-electron chi connectivity index (χ1n) is 7.28. The van der Waals surface area contributed by atoms with E-state index in [9.17, 15) is 9.59 Å². The summed E-state index contributed by atoms with van der Waals surface area (Å²) in [5.41, 5.74) is 1.87. The van der Waals surface area contributed by atoms with Crippen molar-refractivity contribution >= 4 is 5.65 Å². The van der Waals surface area contributed by atoms with Gasteiger partial charge in [-0.2, -0.15) is 5.10 Å². The highest BCUT2D eigenvalue weighted by molar-refractivity contribution is 5.62. The molecule has 4 rings (SSSR count). The molecule has 1 aliphatic carbocycles. The van der Waals surface area contributed by atoms with Crippen LogP contribution in [0.5, 0.6) is 0 Å². The van der Waals surface area contributed by atoms with Gasteiger partial charge < -0.3 is 4.98 Å². The number of hydrogen-bond donors (Lipinski definition) is 2. The molecule has 3 aromatic heterocycles. The van der Waals surface area contributed by atoms with Crippen LogP contribution in [0.4, 0.5) is 0 Å². The van der Waals surface area contributed by atoms with E-state index >= 15 is 0 Å². The molecule has 0 amide bonds. The lowest BCUT2D eigenvalue weighted by Gasteiger charge is -2.33. The van der Waals surface area contributed by atoms with Crippen LogP contribution in [-0.2, 0) is 0 Å². The Labute approximate surface area is 125 Å². The number of nitrogens with zero attached hydrogens (tertiary/aromatic N) is 3. The molecule has 7 nitrogen and oxygen atoms in total. The molecule has 7 heteroatoms. The third-order valence-electron chi connectivity index (χ3n) is 4.30. The van der Waals surface area contributed by atoms with E-state index in [-0.39, 0.29) is 0 Å². The van der Waals surface area contributed by atoms with Crippen LogP contribution in [0.25, 0.3) is 16.9 Å². The maximum atomic E-state index is 12.0. The number of fused-ring (bicyclic) bond motifs is 1. The minimum absolute atomic E-state index is 0.351. The predicted octanol–water partition coefficient (Wildman–Crippen LogP) is 1.29. The Kier molecular flexibility index (Phi) is 2.75. The molecular weight excluding hydrogens is 282 g/mol. The van der Waals surface area contributed by atoms with E-state index in [0.29, 0.717) is 23.1 Å². The number of hydrogen-bond acceptors (Lipinski definition) is 4. The summed E-state index contributed by atoms with van der Waals surface area (Å²) in [6, 6.07) is 1.92. The first-order valence-corrected chi connectivity index (χ1v) is 7.28. The zero-order valence-corrected chi connectivity index (χ0v) is 12.0. The lowest BCUT2D eigenvalue weighted by atomic mass is 9.72. The topological polar surface area (TPSA) is 95.9 Å². The van der Waals surface area contributed by atoms with Gasteiger partial charge in [-0.3, -0.25) is 9.78 Å². The average Bonchev–Trinajstić information content (AvgIpc) is 2.91. The van der Waals surface area contributed by atoms with Crippen LogP contribution in [0, 0.1) is 5.92 Å². The van der Waals surface area contributed by atoms with Gasteiger partial charge in [0, 0.05) is 24.2 Å². The van der Waals surface area contributed by atoms with E-state index in [0.717, 1.165) is 24.1 Å². The second-order valence-electron chi connectivity index (χ2n) is 5.94. The van der Waals surface area contributed by atoms with Crippen molar-refractivity contribution in [3.8, 4) is 11.3 Å². The van der Waals surface area contributed by atoms with Crippen LogP contribution in [-0.4, -0.2) is 24.6 Å². The zero-order valence-electron chi connectivity index (χ0n) is 12.0. The Morgan fingerprint density at radius 3 is 2.86 bits per heavy atom. The van der Waals surface area contributed by atoms with Gasteiger partial charge in [0.15, 0.2) is 5.65 Å². The summed E-state index contributed by atoms with van der Waals surface area (Å²) in [4.78, 5) is 32.3. The number of imidazole rings is 1. The van der Waals surface area contributed by atoms with Crippen LogP contribution in [0.2, 0.25) is 0 Å². The maximum absolute atomic E-state index is 12.0. The van der Waals surface area contributed by atoms with Gasteiger partial charge in [-0.15, -0.1) is 0 Å². The minimum atomic E-state index is -0.523. The molecule has 0 atom stereocenters. The van der Waals surface area contributed by atoms with Crippen LogP contribution in [0.3, 0.4) is 0 Å². The van der Waals surface area contributed by atoms with Crippen LogP contribution in [0.1, 0.15) is 31.2 Å². The average molecular weight is 297 g/mol. The molecule has 3 heterocycles. The minimum Gasteiger partial charge on any atom is -0.313 e. The summed E-state index contributed by atoms with van der Waals surface area (Å²) >= 11 is 0. The van der Waals surface area contributed by atoms with E-state index in [1.807, 2.05) is 6.07 Å². The molecule has 0 aliphatic heterocycles. The number of rotatable bonds is 2. The molecule has 0 saturated heterocycles. The fraction of sp³-hybridized carbons (Fsp3) is 0.333. The van der Waals surface area contributed by atoms with Crippen molar-refractivity contribution in [2.24, 2.45) is 5.92 Å². The zero-order chi connectivity index (χ0) is 15.3. The molecule has 1 aliphatic rings. The summed E-state index contributed by atoms with van der Waals surface area (Å²) in [5, 5.41) is 4.43. The van der Waals surface area contributed by atoms with Gasteiger partial charge in [-0.1, -0.05) is 6.92 Å². The lowest BCUT2D eigenvalue weighted by molar-refractivity contribution is 0.289. The van der Waals surface area contributed by atoms with Crippen LogP contribution < -0.4 is 11.2 Å². The Morgan fingerprint density at radius 2 is 2.14 bits per heavy atom. The first kappa shape index (κ1) is 13.0. The van der Waals surface area contributed by atoms with Gasteiger partial charge in [0.25, 0.3) is 5.56 Å². The molecule has 0 spiro atoms. The van der Waals surface area contributed by atoms with Crippen molar-refractivity contribution in [3.63, 3.8) is 0 Å². The lowest BCUT2D eigenvalue weighted by Crippen LogP contribution is -2.24. The largest absolute Gasteiger partial charge is 0.325 e. The molecule has 112 valence electrons. The molecule has 0 bridgehead atoms. The Balaban J connectivity index is 1.91. The second-order valence-corrected chi connectivity index (χ2v) is 5.94. The highest BCUT2D eigenvalue weighted by Gasteiger charge is 2.29. The summed E-state index contributed by atoms with van der Waals surface area (Å²) in [7, 11) is 0. The molecule has 22 heavy (non-hydrogen) atoms. The van der Waals surface area contributed by atoms with Gasteiger partial charge in [-0.25, -0.2) is 14.3 Å². The Bertz CT molecular complexity index is 962. The fourth-order valence-corrected chi connectivity index (χ4v) is 3.13. The van der Waals surface area contributed by atoms with Crippen molar-refractivity contribution in [1.29, 1.82) is 0 Å². The van der Waals surface area contributed by atoms with Crippen molar-refractivity contribution in [1.82, 2.24) is 24.6 Å².